The van der Waals surface area contributed by atoms with Gasteiger partial charge in [-0.2, -0.15) is 0 Å². The van der Waals surface area contributed by atoms with Gasteiger partial charge in [0, 0.05) is 18.6 Å². The van der Waals surface area contributed by atoms with Gasteiger partial charge in [-0.05, 0) is 47.3 Å². The number of aliphatic hydroxyl groups excluding tert-OH is 2. The van der Waals surface area contributed by atoms with Gasteiger partial charge in [0.2, 0.25) is 0 Å². The average Bonchev–Trinajstić information content (AvgIpc) is 2.76. The van der Waals surface area contributed by atoms with Crippen molar-refractivity contribution in [2.45, 2.75) is 99.1 Å². The largest absolute Gasteiger partial charge is 0.388 e. The molecular weight excluding hydrogens is 434 g/mol. The highest BCUT2D eigenvalue weighted by molar-refractivity contribution is 5.02. The van der Waals surface area contributed by atoms with Crippen LogP contribution in [0.15, 0.2) is 0 Å². The fourth-order valence-electron chi connectivity index (χ4n) is 5.14. The summed E-state index contributed by atoms with van der Waals surface area (Å²) in [5.41, 5.74) is 11.3. The summed E-state index contributed by atoms with van der Waals surface area (Å²) in [6.45, 7) is 2.21. The molecule has 1 aliphatic carbocycles. The lowest BCUT2D eigenvalue weighted by atomic mass is 9.83. The van der Waals surface area contributed by atoms with Crippen LogP contribution in [0, 0.1) is 0 Å². The van der Waals surface area contributed by atoms with Crippen LogP contribution in [-0.4, -0.2) is 122 Å². The summed E-state index contributed by atoms with van der Waals surface area (Å²) in [4.78, 5) is 0. The Morgan fingerprint density at radius 3 is 2.30 bits per heavy atom. The highest BCUT2D eigenvalue weighted by Gasteiger charge is 2.51. The van der Waals surface area contributed by atoms with E-state index in [1.54, 1.807) is 21.0 Å². The van der Waals surface area contributed by atoms with Crippen molar-refractivity contribution in [3.63, 3.8) is 0 Å². The minimum atomic E-state index is -1.28. The van der Waals surface area contributed by atoms with Crippen LogP contribution in [0.25, 0.3) is 0 Å². The Morgan fingerprint density at radius 1 is 0.970 bits per heavy atom. The van der Waals surface area contributed by atoms with Crippen molar-refractivity contribution in [3.05, 3.63) is 0 Å². The van der Waals surface area contributed by atoms with Crippen LogP contribution in [-0.2, 0) is 18.9 Å². The molecule has 0 amide bonds. The lowest BCUT2D eigenvalue weighted by Crippen LogP contribution is -2.69. The maximum atomic E-state index is 11.2. The topological polar surface area (TPSA) is 186 Å². The lowest BCUT2D eigenvalue weighted by molar-refractivity contribution is -0.307. The van der Waals surface area contributed by atoms with E-state index in [-0.39, 0.29) is 24.8 Å². The minimum absolute atomic E-state index is 0.0278. The number of hydrogen-bond acceptors (Lipinski definition) is 12. The molecule has 0 unspecified atom stereocenters. The van der Waals surface area contributed by atoms with Crippen molar-refractivity contribution in [1.82, 2.24) is 16.0 Å². The molecule has 2 heterocycles. The molecule has 1 saturated carbocycles. The molecule has 0 radical (unpaired) electrons. The van der Waals surface area contributed by atoms with Gasteiger partial charge in [0.1, 0.15) is 30.0 Å². The van der Waals surface area contributed by atoms with Gasteiger partial charge in [0.15, 0.2) is 12.6 Å². The number of likely N-dealkylation sites (N-methyl/N-ethyl adjacent to an activating group) is 3. The van der Waals surface area contributed by atoms with Crippen LogP contribution in [0.1, 0.15) is 26.2 Å². The molecule has 0 aromatic heterocycles. The van der Waals surface area contributed by atoms with Crippen molar-refractivity contribution >= 4 is 0 Å². The molecule has 12 atom stereocenters. The van der Waals surface area contributed by atoms with E-state index in [9.17, 15) is 15.3 Å². The standard InChI is InChI=1S/C21H43N5O7/c1-21(29)9-30-20(15(28)18(21)26-4)32-16-12(23)7-13(25-3)17(14(16)27)33-19-11(22)6-5-10(31-19)8-24-2/h10-20,24-29H,5-9,22-23H2,1-4H3/t10-,11+,12+,13-,14+,15-,16-,17+,18-,19-,20+,21-/m0/s1. The van der Waals surface area contributed by atoms with E-state index in [1.807, 2.05) is 7.05 Å². The van der Waals surface area contributed by atoms with E-state index in [4.69, 9.17) is 30.4 Å². The first-order valence-corrected chi connectivity index (χ1v) is 11.8. The highest BCUT2D eigenvalue weighted by atomic mass is 16.7. The summed E-state index contributed by atoms with van der Waals surface area (Å²) in [5.74, 6) is 0. The molecule has 2 saturated heterocycles. The smallest absolute Gasteiger partial charge is 0.185 e. The molecule has 3 aliphatic rings. The van der Waals surface area contributed by atoms with E-state index in [0.29, 0.717) is 13.0 Å². The Labute approximate surface area is 195 Å². The van der Waals surface area contributed by atoms with Crippen LogP contribution in [0.2, 0.25) is 0 Å². The van der Waals surface area contributed by atoms with Gasteiger partial charge in [0.05, 0.1) is 24.8 Å². The monoisotopic (exact) mass is 477 g/mol. The lowest BCUT2D eigenvalue weighted by Gasteiger charge is -2.49. The molecule has 2 aliphatic heterocycles. The van der Waals surface area contributed by atoms with Crippen LogP contribution >= 0.6 is 0 Å². The second-order valence-electron chi connectivity index (χ2n) is 9.71. The van der Waals surface area contributed by atoms with Gasteiger partial charge in [-0.25, -0.2) is 0 Å². The van der Waals surface area contributed by atoms with Crippen molar-refractivity contribution in [3.8, 4) is 0 Å². The predicted molar refractivity (Wildman–Crippen MR) is 120 cm³/mol. The summed E-state index contributed by atoms with van der Waals surface area (Å²) in [5, 5.41) is 41.6. The first-order chi connectivity index (χ1) is 15.6. The van der Waals surface area contributed by atoms with E-state index in [1.165, 1.54) is 0 Å². The molecule has 0 aromatic carbocycles. The first kappa shape index (κ1) is 27.1. The third kappa shape index (κ3) is 6.02. The van der Waals surface area contributed by atoms with Gasteiger partial charge in [0.25, 0.3) is 0 Å². The minimum Gasteiger partial charge on any atom is -0.388 e. The number of rotatable bonds is 8. The zero-order valence-electron chi connectivity index (χ0n) is 20.0. The SMILES string of the molecule is CNC[C@@H]1CC[C@@H](N)[C@H](O[C@H]2[C@H](O)[C@@H](O[C@H]3OC[C@](C)(O)[C@@H](NC)[C@@H]3O)[C@H](N)C[C@@H]2NC)O1. The van der Waals surface area contributed by atoms with Gasteiger partial charge in [-0.15, -0.1) is 0 Å². The van der Waals surface area contributed by atoms with Crippen LogP contribution in [0.5, 0.6) is 0 Å². The Morgan fingerprint density at radius 2 is 1.67 bits per heavy atom. The van der Waals surface area contributed by atoms with Crippen LogP contribution in [0.4, 0.5) is 0 Å². The number of hydrogen-bond donors (Lipinski definition) is 8. The molecule has 0 spiro atoms. The zero-order valence-corrected chi connectivity index (χ0v) is 20.0. The molecule has 12 heteroatoms. The third-order valence-electron chi connectivity index (χ3n) is 7.04. The molecule has 0 aromatic rings. The highest BCUT2D eigenvalue weighted by Crippen LogP contribution is 2.32. The first-order valence-electron chi connectivity index (χ1n) is 11.8. The Balaban J connectivity index is 1.71. The molecule has 33 heavy (non-hydrogen) atoms. The fraction of sp³-hybridized carbons (Fsp3) is 1.00. The summed E-state index contributed by atoms with van der Waals surface area (Å²) < 4.78 is 23.9. The number of ether oxygens (including phenoxy) is 4. The molecule has 10 N–H and O–H groups in total. The summed E-state index contributed by atoms with van der Waals surface area (Å²) >= 11 is 0. The average molecular weight is 478 g/mol. The quantitative estimate of drug-likeness (QED) is 0.173. The predicted octanol–water partition coefficient (Wildman–Crippen LogP) is -3.46. The van der Waals surface area contributed by atoms with Crippen molar-refractivity contribution < 1.29 is 34.3 Å². The van der Waals surface area contributed by atoms with Gasteiger partial charge in [-0.3, -0.25) is 0 Å². The van der Waals surface area contributed by atoms with Crippen molar-refractivity contribution in [2.75, 3.05) is 34.3 Å². The second kappa shape index (κ2) is 11.5. The molecule has 3 rings (SSSR count). The van der Waals surface area contributed by atoms with Gasteiger partial charge < -0.3 is 61.7 Å². The molecule has 12 nitrogen and oxygen atoms in total. The Kier molecular flexibility index (Phi) is 9.45. The summed E-state index contributed by atoms with van der Waals surface area (Å²) in [6, 6.07) is -1.79. The van der Waals surface area contributed by atoms with Gasteiger partial charge >= 0.3 is 0 Å². The molecular formula is C21H43N5O7. The summed E-state index contributed by atoms with van der Waals surface area (Å²) in [7, 11) is 5.28. The third-order valence-corrected chi connectivity index (χ3v) is 7.04. The Bertz CT molecular complexity index is 618. The number of nitrogens with one attached hydrogen (secondary N) is 3. The fourth-order valence-corrected chi connectivity index (χ4v) is 5.14. The van der Waals surface area contributed by atoms with E-state index < -0.39 is 54.7 Å². The normalized spacial score (nSPS) is 49.2. The summed E-state index contributed by atoms with van der Waals surface area (Å²) in [6.07, 6.45) is -3.61. The number of aliphatic hydroxyl groups is 3. The van der Waals surface area contributed by atoms with Gasteiger partial charge in [-0.1, -0.05) is 0 Å². The maximum Gasteiger partial charge on any atom is 0.185 e. The van der Waals surface area contributed by atoms with E-state index in [2.05, 4.69) is 16.0 Å². The molecule has 194 valence electrons. The Hall–Kier alpha value is -0.480. The molecule has 3 fully saturated rings. The van der Waals surface area contributed by atoms with Crippen molar-refractivity contribution in [2.24, 2.45) is 11.5 Å². The number of nitrogens with two attached hydrogens (primary N) is 2. The second-order valence-corrected chi connectivity index (χ2v) is 9.71. The maximum absolute atomic E-state index is 11.2. The van der Waals surface area contributed by atoms with E-state index in [0.717, 1.165) is 12.8 Å². The molecule has 0 bridgehead atoms. The van der Waals surface area contributed by atoms with Crippen LogP contribution in [0.3, 0.4) is 0 Å². The van der Waals surface area contributed by atoms with Crippen molar-refractivity contribution in [1.29, 1.82) is 0 Å². The van der Waals surface area contributed by atoms with E-state index >= 15 is 0 Å². The zero-order chi connectivity index (χ0) is 24.3. The van der Waals surface area contributed by atoms with Crippen LogP contribution < -0.4 is 27.4 Å².